The standard InChI is InChI=1S/C36H24N4.C35H23N5O2/c1-3-10-24(11-4-1)32-23-33(25-12-5-2-6-13-25)39-36(38-32)27-14-9-15-28(22-27)40-21-20-26-18-19-30-29-16-7-8-17-31(29)37-34(30)35(26)40;41-40(42)31-17-8-7-16-30(31)27-19-18-24-20-21-39(32(24)23-27)29-15-9-14-28(22-29)35-37-33(25-10-3-1-4-11-25)36-34(38-35)26-12-5-2-6-13-26/h1-23,37H;1-23H. The van der Waals surface area contributed by atoms with Crippen molar-refractivity contribution in [2.45, 2.75) is 0 Å². The summed E-state index contributed by atoms with van der Waals surface area (Å²) in [4.78, 5) is 39.6. The predicted octanol–water partition coefficient (Wildman–Crippen LogP) is 17.4. The minimum atomic E-state index is -0.343. The lowest BCUT2D eigenvalue weighted by Gasteiger charge is -2.11. The van der Waals surface area contributed by atoms with Crippen LogP contribution in [0, 0.1) is 10.1 Å². The van der Waals surface area contributed by atoms with Crippen molar-refractivity contribution in [1.82, 2.24) is 39.0 Å². The molecule has 0 unspecified atom stereocenters. The number of nitrogens with one attached hydrogen (secondary N) is 1. The van der Waals surface area contributed by atoms with Gasteiger partial charge in [-0.05, 0) is 71.6 Å². The average Bonchev–Trinajstić information content (AvgIpc) is 4.35. The van der Waals surface area contributed by atoms with Crippen LogP contribution in [0.3, 0.4) is 0 Å². The first-order chi connectivity index (χ1) is 40.5. The van der Waals surface area contributed by atoms with Crippen LogP contribution in [0.2, 0.25) is 0 Å². The third kappa shape index (κ3) is 9.39. The molecule has 11 heteroatoms. The summed E-state index contributed by atoms with van der Waals surface area (Å²) in [6.07, 6.45) is 4.15. The van der Waals surface area contributed by atoms with Crippen LogP contribution in [0.15, 0.2) is 279 Å². The number of H-pyrrole nitrogens is 1. The fourth-order valence-corrected chi connectivity index (χ4v) is 10.8. The van der Waals surface area contributed by atoms with Gasteiger partial charge in [-0.1, -0.05) is 200 Å². The normalized spacial score (nSPS) is 11.3. The topological polar surface area (TPSA) is 133 Å². The van der Waals surface area contributed by atoms with Crippen molar-refractivity contribution < 1.29 is 4.92 Å². The maximum atomic E-state index is 11.7. The monoisotopic (exact) mass is 1060 g/mol. The number of benzene rings is 10. The van der Waals surface area contributed by atoms with E-state index in [0.29, 0.717) is 28.9 Å². The minimum Gasteiger partial charge on any atom is -0.353 e. The van der Waals surface area contributed by atoms with Gasteiger partial charge < -0.3 is 14.1 Å². The number of aromatic nitrogens is 8. The van der Waals surface area contributed by atoms with Crippen LogP contribution in [0.5, 0.6) is 0 Å². The highest BCUT2D eigenvalue weighted by Gasteiger charge is 2.19. The van der Waals surface area contributed by atoms with Gasteiger partial charge in [-0.25, -0.2) is 24.9 Å². The first-order valence-corrected chi connectivity index (χ1v) is 26.9. The molecule has 0 aliphatic rings. The predicted molar refractivity (Wildman–Crippen MR) is 330 cm³/mol. The van der Waals surface area contributed by atoms with Crippen molar-refractivity contribution >= 4 is 49.3 Å². The second-order valence-electron chi connectivity index (χ2n) is 19.8. The Kier molecular flexibility index (Phi) is 12.6. The van der Waals surface area contributed by atoms with Gasteiger partial charge in [0.1, 0.15) is 0 Å². The molecular formula is C71H47N9O2. The molecule has 82 heavy (non-hydrogen) atoms. The summed E-state index contributed by atoms with van der Waals surface area (Å²) in [5.74, 6) is 2.48. The summed E-state index contributed by atoms with van der Waals surface area (Å²) in [7, 11) is 0. The molecule has 0 aliphatic heterocycles. The van der Waals surface area contributed by atoms with Crippen molar-refractivity contribution in [3.8, 4) is 90.6 Å². The number of nitro groups is 1. The number of aromatic amines is 1. The Labute approximate surface area is 471 Å². The van der Waals surface area contributed by atoms with E-state index >= 15 is 0 Å². The van der Waals surface area contributed by atoms with Gasteiger partial charge in [0.05, 0.1) is 38.4 Å². The molecule has 0 radical (unpaired) electrons. The number of nitrogens with zero attached hydrogens (tertiary/aromatic N) is 8. The van der Waals surface area contributed by atoms with E-state index in [9.17, 15) is 10.1 Å². The summed E-state index contributed by atoms with van der Waals surface area (Å²) in [5.41, 5.74) is 15.4. The van der Waals surface area contributed by atoms with Crippen molar-refractivity contribution in [2.24, 2.45) is 0 Å². The van der Waals surface area contributed by atoms with E-state index in [1.165, 1.54) is 22.2 Å². The van der Waals surface area contributed by atoms with Crippen molar-refractivity contribution in [1.29, 1.82) is 0 Å². The Morgan fingerprint density at radius 2 is 0.854 bits per heavy atom. The van der Waals surface area contributed by atoms with Gasteiger partial charge in [-0.15, -0.1) is 0 Å². The van der Waals surface area contributed by atoms with Crippen LogP contribution in [-0.4, -0.2) is 44.0 Å². The molecule has 0 aliphatic carbocycles. The molecule has 0 atom stereocenters. The molecule has 5 aromatic heterocycles. The van der Waals surface area contributed by atoms with E-state index in [4.69, 9.17) is 24.9 Å². The van der Waals surface area contributed by atoms with E-state index < -0.39 is 0 Å². The lowest BCUT2D eigenvalue weighted by Crippen LogP contribution is -2.01. The van der Waals surface area contributed by atoms with Crippen LogP contribution >= 0.6 is 0 Å². The highest BCUT2D eigenvalue weighted by molar-refractivity contribution is 6.16. The largest absolute Gasteiger partial charge is 0.353 e. The molecule has 0 saturated heterocycles. The Morgan fingerprint density at radius 3 is 1.48 bits per heavy atom. The number of rotatable bonds is 10. The van der Waals surface area contributed by atoms with Crippen LogP contribution in [0.25, 0.3) is 134 Å². The van der Waals surface area contributed by atoms with E-state index in [-0.39, 0.29) is 10.6 Å². The van der Waals surface area contributed by atoms with Crippen molar-refractivity contribution in [2.75, 3.05) is 0 Å². The highest BCUT2D eigenvalue weighted by Crippen LogP contribution is 2.37. The average molecular weight is 1060 g/mol. The number of fused-ring (bicyclic) bond motifs is 6. The molecule has 0 spiro atoms. The Bertz CT molecular complexity index is 4730. The molecule has 0 saturated carbocycles. The zero-order valence-electron chi connectivity index (χ0n) is 44.0. The maximum absolute atomic E-state index is 11.7. The summed E-state index contributed by atoms with van der Waals surface area (Å²) in [6, 6.07) is 88.8. The van der Waals surface area contributed by atoms with Crippen LogP contribution in [0.1, 0.15) is 0 Å². The molecule has 0 bridgehead atoms. The van der Waals surface area contributed by atoms with Gasteiger partial charge in [-0.2, -0.15) is 0 Å². The zero-order chi connectivity index (χ0) is 54.9. The first-order valence-electron chi connectivity index (χ1n) is 26.9. The Hall–Kier alpha value is -11.4. The molecular weight excluding hydrogens is 1010 g/mol. The van der Waals surface area contributed by atoms with Gasteiger partial charge in [0.15, 0.2) is 23.3 Å². The van der Waals surface area contributed by atoms with E-state index in [2.05, 4.69) is 123 Å². The van der Waals surface area contributed by atoms with Crippen molar-refractivity contribution in [3.05, 3.63) is 289 Å². The Morgan fingerprint density at radius 1 is 0.366 bits per heavy atom. The minimum absolute atomic E-state index is 0.0789. The second-order valence-corrected chi connectivity index (χ2v) is 19.8. The molecule has 15 rings (SSSR count). The molecule has 5 heterocycles. The van der Waals surface area contributed by atoms with E-state index in [1.807, 2.05) is 152 Å². The van der Waals surface area contributed by atoms with Crippen LogP contribution in [0.4, 0.5) is 5.69 Å². The van der Waals surface area contributed by atoms with Gasteiger partial charge in [0.2, 0.25) is 0 Å². The quantitative estimate of drug-likeness (QED) is 0.106. The lowest BCUT2D eigenvalue weighted by atomic mass is 10.0. The molecule has 1 N–H and O–H groups in total. The Balaban J connectivity index is 0.000000147. The fourth-order valence-electron chi connectivity index (χ4n) is 10.8. The van der Waals surface area contributed by atoms with E-state index in [1.54, 1.807) is 12.1 Å². The van der Waals surface area contributed by atoms with Crippen molar-refractivity contribution in [3.63, 3.8) is 0 Å². The zero-order valence-corrected chi connectivity index (χ0v) is 44.0. The summed E-state index contributed by atoms with van der Waals surface area (Å²) in [6.45, 7) is 0. The summed E-state index contributed by atoms with van der Waals surface area (Å²) >= 11 is 0. The van der Waals surface area contributed by atoms with Gasteiger partial charge >= 0.3 is 0 Å². The van der Waals surface area contributed by atoms with Crippen LogP contribution in [-0.2, 0) is 0 Å². The number of hydrogen-bond donors (Lipinski definition) is 1. The molecule has 0 amide bonds. The molecule has 15 aromatic rings. The number of para-hydroxylation sites is 2. The number of nitro benzene ring substituents is 1. The van der Waals surface area contributed by atoms with Crippen LogP contribution < -0.4 is 0 Å². The SMILES string of the molecule is O=[N+]([O-])c1ccccc1-c1ccc2ccn(-c3cccc(-c4nc(-c5ccccc5)nc(-c5ccccc5)n4)c3)c2c1.c1ccc(-c2cc(-c3ccccc3)nc(-c3cccc(-n4ccc5ccc6c7ccccc7[nH]c6c54)c3)n2)cc1. The number of hydrogen-bond acceptors (Lipinski definition) is 7. The smallest absolute Gasteiger partial charge is 0.277 e. The molecule has 11 nitrogen and oxygen atoms in total. The molecule has 0 fully saturated rings. The first kappa shape index (κ1) is 48.9. The van der Waals surface area contributed by atoms with E-state index in [0.717, 1.165) is 89.2 Å². The maximum Gasteiger partial charge on any atom is 0.277 e. The molecule has 388 valence electrons. The van der Waals surface area contributed by atoms with Gasteiger partial charge in [0, 0.05) is 84.9 Å². The summed E-state index contributed by atoms with van der Waals surface area (Å²) < 4.78 is 4.34. The highest BCUT2D eigenvalue weighted by atomic mass is 16.6. The lowest BCUT2D eigenvalue weighted by molar-refractivity contribution is -0.384. The van der Waals surface area contributed by atoms with Gasteiger partial charge in [0.25, 0.3) is 5.69 Å². The summed E-state index contributed by atoms with van der Waals surface area (Å²) in [5, 5.41) is 16.4. The van der Waals surface area contributed by atoms with Gasteiger partial charge in [-0.3, -0.25) is 10.1 Å². The molecule has 10 aromatic carbocycles. The third-order valence-electron chi connectivity index (χ3n) is 14.8. The second kappa shape index (κ2) is 21.1. The fraction of sp³-hybridized carbons (Fsp3) is 0. The third-order valence-corrected chi connectivity index (χ3v) is 14.8.